The number of likely N-dealkylation sites (tertiary alicyclic amines) is 2. The van der Waals surface area contributed by atoms with Gasteiger partial charge in [-0.25, -0.2) is 0 Å². The molecule has 2 saturated heterocycles. The lowest BCUT2D eigenvalue weighted by molar-refractivity contribution is -0.138. The number of hydrogen-bond donors (Lipinski definition) is 7. The maximum Gasteiger partial charge on any atom is 0.289 e. The van der Waals surface area contributed by atoms with Crippen molar-refractivity contribution in [3.63, 3.8) is 0 Å². The van der Waals surface area contributed by atoms with Gasteiger partial charge in [-0.1, -0.05) is 52.0 Å². The summed E-state index contributed by atoms with van der Waals surface area (Å²) < 4.78 is 3.21. The molecule has 0 saturated carbocycles. The molecule has 0 spiro atoms. The Morgan fingerprint density at radius 1 is 0.544 bits per heavy atom. The van der Waals surface area contributed by atoms with Crippen molar-refractivity contribution in [1.82, 2.24) is 55.3 Å². The minimum atomic E-state index is -0.740. The molecule has 2 aliphatic heterocycles. The summed E-state index contributed by atoms with van der Waals surface area (Å²) >= 11 is 0. The Balaban J connectivity index is 0.784. The van der Waals surface area contributed by atoms with Crippen LogP contribution in [0.3, 0.4) is 0 Å². The van der Waals surface area contributed by atoms with E-state index in [0.717, 1.165) is 49.7 Å². The summed E-state index contributed by atoms with van der Waals surface area (Å²) in [6.07, 6.45) is 4.74. The molecule has 6 aromatic rings. The van der Waals surface area contributed by atoms with Crippen molar-refractivity contribution in [3.05, 3.63) is 107 Å². The maximum absolute atomic E-state index is 13.5. The molecule has 8 rings (SSSR count). The molecule has 4 heterocycles. The lowest BCUT2D eigenvalue weighted by Gasteiger charge is -2.34. The number of nitrogens with one attached hydrogen (secondary N) is 3. The molecule has 2 fully saturated rings. The lowest BCUT2D eigenvalue weighted by Crippen LogP contribution is -2.49. The molecule has 5 amide bonds. The number of phenols is 4. The van der Waals surface area contributed by atoms with E-state index >= 15 is 0 Å². The first-order valence-corrected chi connectivity index (χ1v) is 27.5. The van der Waals surface area contributed by atoms with Crippen LogP contribution in [0.2, 0.25) is 0 Å². The third-order valence-corrected chi connectivity index (χ3v) is 15.1. The molecule has 2 aromatic heterocycles. The Labute approximate surface area is 460 Å². The number of piperidine rings is 2. The summed E-state index contributed by atoms with van der Waals surface area (Å²) in [5, 5.41) is 68.2. The van der Waals surface area contributed by atoms with Crippen LogP contribution in [0.15, 0.2) is 72.8 Å². The highest BCUT2D eigenvalue weighted by atomic mass is 16.3. The van der Waals surface area contributed by atoms with Crippen LogP contribution in [0.1, 0.15) is 142 Å². The molecular formula is C59H73N11O9. The number of amides is 5. The first-order chi connectivity index (χ1) is 37.8. The predicted molar refractivity (Wildman–Crippen MR) is 297 cm³/mol. The van der Waals surface area contributed by atoms with E-state index in [1.54, 1.807) is 33.1 Å². The fourth-order valence-corrected chi connectivity index (χ4v) is 10.7. The van der Waals surface area contributed by atoms with E-state index in [1.807, 2.05) is 95.0 Å². The summed E-state index contributed by atoms with van der Waals surface area (Å²) in [5.74, 6) is -0.718. The van der Waals surface area contributed by atoms with E-state index in [4.69, 9.17) is 0 Å². The molecule has 7 N–H and O–H groups in total. The number of rotatable bonds is 19. The van der Waals surface area contributed by atoms with Gasteiger partial charge in [-0.3, -0.25) is 33.1 Å². The van der Waals surface area contributed by atoms with Gasteiger partial charge in [0.2, 0.25) is 29.4 Å². The number of phenolic OH excluding ortho intramolecular Hbond substituents is 4. The molecule has 4 aromatic carbocycles. The van der Waals surface area contributed by atoms with Gasteiger partial charge in [-0.15, -0.1) is 20.4 Å². The SMILES string of the molecule is CCNC(=O)c1nnc(-c2cc(C(C)C)c(O)cc2O)n1-c1ccc(CC2CCN(C(=O)CCC(=O)N[C@H](C)C(=O)N3CCC(Cc4ccc(-n5c(C(=O)NCC)nnc5-c5cc(C(C)C)c(O)cc5O)cc4)CC3)CC2)cc1. The molecule has 418 valence electrons. The van der Waals surface area contributed by atoms with Crippen molar-refractivity contribution in [1.29, 1.82) is 0 Å². The minimum absolute atomic E-state index is 0.0188. The van der Waals surface area contributed by atoms with Crippen LogP contribution in [0.25, 0.3) is 34.2 Å². The molecule has 0 radical (unpaired) electrons. The smallest absolute Gasteiger partial charge is 0.289 e. The number of carbonyl (C=O) groups is 5. The molecule has 1 atom stereocenters. The van der Waals surface area contributed by atoms with Crippen LogP contribution in [0, 0.1) is 11.8 Å². The molecule has 2 aliphatic rings. The van der Waals surface area contributed by atoms with Gasteiger partial charge < -0.3 is 46.2 Å². The minimum Gasteiger partial charge on any atom is -0.508 e. The van der Waals surface area contributed by atoms with Crippen LogP contribution in [-0.4, -0.2) is 135 Å². The number of hydrogen-bond acceptors (Lipinski definition) is 13. The van der Waals surface area contributed by atoms with Crippen LogP contribution < -0.4 is 16.0 Å². The lowest BCUT2D eigenvalue weighted by atomic mass is 9.90. The number of aromatic hydroxyl groups is 4. The highest BCUT2D eigenvalue weighted by Gasteiger charge is 2.30. The Hall–Kier alpha value is -8.29. The van der Waals surface area contributed by atoms with E-state index in [2.05, 4.69) is 36.3 Å². The highest BCUT2D eigenvalue weighted by molar-refractivity contribution is 5.93. The average Bonchev–Trinajstić information content (AvgIpc) is 4.29. The summed E-state index contributed by atoms with van der Waals surface area (Å²) in [6, 6.07) is 20.7. The quantitative estimate of drug-likeness (QED) is 0.0420. The second kappa shape index (κ2) is 25.0. The van der Waals surface area contributed by atoms with Gasteiger partial charge >= 0.3 is 0 Å². The summed E-state index contributed by atoms with van der Waals surface area (Å²) in [7, 11) is 0. The summed E-state index contributed by atoms with van der Waals surface area (Å²) in [6.45, 7) is 16.0. The van der Waals surface area contributed by atoms with E-state index in [-0.39, 0.29) is 88.7 Å². The number of nitrogens with zero attached hydrogens (tertiary/aromatic N) is 8. The van der Waals surface area contributed by atoms with E-state index in [1.165, 1.54) is 12.1 Å². The first kappa shape index (κ1) is 56.9. The van der Waals surface area contributed by atoms with E-state index in [0.29, 0.717) is 84.7 Å². The van der Waals surface area contributed by atoms with Crippen molar-refractivity contribution >= 4 is 29.5 Å². The number of aromatic nitrogens is 6. The zero-order valence-electron chi connectivity index (χ0n) is 46.1. The van der Waals surface area contributed by atoms with Crippen LogP contribution in [0.4, 0.5) is 0 Å². The van der Waals surface area contributed by atoms with Crippen molar-refractivity contribution in [2.75, 3.05) is 39.3 Å². The highest BCUT2D eigenvalue weighted by Crippen LogP contribution is 2.40. The van der Waals surface area contributed by atoms with E-state index < -0.39 is 17.9 Å². The second-order valence-electron chi connectivity index (χ2n) is 21.4. The molecule has 79 heavy (non-hydrogen) atoms. The Morgan fingerprint density at radius 2 is 0.949 bits per heavy atom. The Bertz CT molecular complexity index is 3170. The fourth-order valence-electron chi connectivity index (χ4n) is 10.7. The van der Waals surface area contributed by atoms with Gasteiger partial charge in [0.25, 0.3) is 11.8 Å². The normalized spacial score (nSPS) is 14.6. The second-order valence-corrected chi connectivity index (χ2v) is 21.4. The third kappa shape index (κ3) is 13.0. The van der Waals surface area contributed by atoms with Gasteiger partial charge in [0, 0.05) is 75.6 Å². The molecule has 0 aliphatic carbocycles. The van der Waals surface area contributed by atoms with Gasteiger partial charge in [0.15, 0.2) is 11.6 Å². The average molecular weight is 1080 g/mol. The van der Waals surface area contributed by atoms with Crippen molar-refractivity contribution in [2.45, 2.75) is 118 Å². The third-order valence-electron chi connectivity index (χ3n) is 15.1. The van der Waals surface area contributed by atoms with Crippen molar-refractivity contribution < 1.29 is 44.4 Å². The fraction of sp³-hybridized carbons (Fsp3) is 0.441. The standard InChI is InChI=1S/C59H73N11O9/c1-8-60-57(77)55-65-63-53(45-30-43(34(3)4)47(71)32-49(45)73)69(55)41-14-10-37(11-15-41)28-39-20-24-67(25-21-39)52(76)19-18-51(75)62-36(7)59(79)68-26-22-40(23-27-68)29-38-12-16-42(17-13-38)70-54(64-66-56(70)58(78)61-9-2)46-31-44(35(5)6)48(72)33-50(46)74/h10-17,30-36,39-40,71-74H,8-9,18-29H2,1-7H3,(H,60,77)(H,61,78)(H,62,75)/t36-/m1/s1. The van der Waals surface area contributed by atoms with Crippen molar-refractivity contribution in [2.24, 2.45) is 11.8 Å². The van der Waals surface area contributed by atoms with E-state index in [9.17, 15) is 44.4 Å². The van der Waals surface area contributed by atoms with Crippen molar-refractivity contribution in [3.8, 4) is 57.1 Å². The largest absolute Gasteiger partial charge is 0.508 e. The monoisotopic (exact) mass is 1080 g/mol. The molecule has 20 heteroatoms. The molecule has 0 bridgehead atoms. The van der Waals surface area contributed by atoms with Crippen LogP contribution in [0.5, 0.6) is 23.0 Å². The zero-order chi connectivity index (χ0) is 56.7. The molecule has 20 nitrogen and oxygen atoms in total. The Morgan fingerprint density at radius 3 is 1.34 bits per heavy atom. The van der Waals surface area contributed by atoms with Gasteiger partial charge in [0.1, 0.15) is 29.0 Å². The zero-order valence-corrected chi connectivity index (χ0v) is 46.1. The first-order valence-electron chi connectivity index (χ1n) is 27.5. The van der Waals surface area contributed by atoms with Crippen LogP contribution in [-0.2, 0) is 27.2 Å². The van der Waals surface area contributed by atoms with Gasteiger partial charge in [-0.05, 0) is 142 Å². The molecule has 0 unspecified atom stereocenters. The maximum atomic E-state index is 13.5. The van der Waals surface area contributed by atoms with Crippen LogP contribution >= 0.6 is 0 Å². The predicted octanol–water partition coefficient (Wildman–Crippen LogP) is 7.30. The molecular weight excluding hydrogens is 1010 g/mol. The summed E-state index contributed by atoms with van der Waals surface area (Å²) in [5.41, 5.74) is 5.30. The topological polar surface area (TPSA) is 270 Å². The van der Waals surface area contributed by atoms with Gasteiger partial charge in [0.05, 0.1) is 11.1 Å². The Kier molecular flexibility index (Phi) is 18.0. The number of benzene rings is 4. The summed E-state index contributed by atoms with van der Waals surface area (Å²) in [4.78, 5) is 69.7. The van der Waals surface area contributed by atoms with Gasteiger partial charge in [-0.2, -0.15) is 0 Å². The number of carbonyl (C=O) groups excluding carboxylic acids is 5.